The molecule has 88 valence electrons. The molecule has 1 amide bonds. The fraction of sp³-hybridized carbons (Fsp3) is 0.909. The van der Waals surface area contributed by atoms with Crippen molar-refractivity contribution in [3.05, 3.63) is 0 Å². The maximum Gasteiger partial charge on any atom is 0.223 e. The van der Waals surface area contributed by atoms with Gasteiger partial charge in [0.2, 0.25) is 5.91 Å². The molecule has 0 aromatic carbocycles. The van der Waals surface area contributed by atoms with Crippen LogP contribution in [0.2, 0.25) is 0 Å². The number of nitrogens with zero attached hydrogens (tertiary/aromatic N) is 1. The van der Waals surface area contributed by atoms with Gasteiger partial charge in [-0.15, -0.1) is 0 Å². The summed E-state index contributed by atoms with van der Waals surface area (Å²) in [6.07, 6.45) is 5.17. The van der Waals surface area contributed by atoms with Crippen LogP contribution in [-0.2, 0) is 4.79 Å². The molecule has 3 nitrogen and oxygen atoms in total. The van der Waals surface area contributed by atoms with E-state index in [1.165, 1.54) is 6.42 Å². The molecule has 1 atom stereocenters. The third kappa shape index (κ3) is 4.43. The molecule has 1 aliphatic heterocycles. The van der Waals surface area contributed by atoms with Gasteiger partial charge in [-0.2, -0.15) is 11.8 Å². The van der Waals surface area contributed by atoms with Gasteiger partial charge in [0.1, 0.15) is 0 Å². The quantitative estimate of drug-likeness (QED) is 0.770. The SMILES string of the molecule is CNCC1CCCN(C(=O)CCSC)C1. The number of likely N-dealkylation sites (tertiary alicyclic amines) is 1. The zero-order valence-electron chi connectivity index (χ0n) is 9.79. The molecule has 0 aromatic heterocycles. The predicted octanol–water partition coefficient (Wildman–Crippen LogP) is 1.20. The van der Waals surface area contributed by atoms with Crippen LogP contribution in [0.3, 0.4) is 0 Å². The molecule has 0 saturated carbocycles. The zero-order chi connectivity index (χ0) is 11.1. The normalized spacial score (nSPS) is 21.7. The zero-order valence-corrected chi connectivity index (χ0v) is 10.6. The molecule has 1 fully saturated rings. The Hall–Kier alpha value is -0.220. The van der Waals surface area contributed by atoms with Crippen molar-refractivity contribution in [2.24, 2.45) is 5.92 Å². The van der Waals surface area contributed by atoms with Gasteiger partial charge < -0.3 is 10.2 Å². The second-order valence-corrected chi connectivity index (χ2v) is 5.13. The van der Waals surface area contributed by atoms with Crippen molar-refractivity contribution in [3.8, 4) is 0 Å². The van der Waals surface area contributed by atoms with Crippen molar-refractivity contribution in [2.45, 2.75) is 19.3 Å². The summed E-state index contributed by atoms with van der Waals surface area (Å²) in [5.74, 6) is 1.94. The fourth-order valence-corrected chi connectivity index (χ4v) is 2.47. The van der Waals surface area contributed by atoms with Crippen molar-refractivity contribution in [3.63, 3.8) is 0 Å². The first-order chi connectivity index (χ1) is 7.27. The first-order valence-electron chi connectivity index (χ1n) is 5.69. The highest BCUT2D eigenvalue weighted by Crippen LogP contribution is 2.16. The minimum atomic E-state index is 0.338. The summed E-state index contributed by atoms with van der Waals surface area (Å²) in [5.41, 5.74) is 0. The topological polar surface area (TPSA) is 32.3 Å². The van der Waals surface area contributed by atoms with Crippen LogP contribution in [0.25, 0.3) is 0 Å². The van der Waals surface area contributed by atoms with Crippen LogP contribution in [0.15, 0.2) is 0 Å². The Morgan fingerprint density at radius 1 is 1.60 bits per heavy atom. The second-order valence-electron chi connectivity index (χ2n) is 4.15. The van der Waals surface area contributed by atoms with E-state index in [1.807, 2.05) is 18.2 Å². The van der Waals surface area contributed by atoms with Crippen molar-refractivity contribution < 1.29 is 4.79 Å². The molecular weight excluding hydrogens is 208 g/mol. The lowest BCUT2D eigenvalue weighted by atomic mass is 9.98. The number of carbonyl (C=O) groups is 1. The highest BCUT2D eigenvalue weighted by molar-refractivity contribution is 7.98. The summed E-state index contributed by atoms with van der Waals surface area (Å²) in [7, 11) is 1.98. The van der Waals surface area contributed by atoms with Crippen LogP contribution >= 0.6 is 11.8 Å². The van der Waals surface area contributed by atoms with E-state index in [0.717, 1.165) is 31.8 Å². The number of hydrogen-bond acceptors (Lipinski definition) is 3. The monoisotopic (exact) mass is 230 g/mol. The molecule has 15 heavy (non-hydrogen) atoms. The van der Waals surface area contributed by atoms with Crippen LogP contribution in [0.4, 0.5) is 0 Å². The average Bonchev–Trinajstić information content (AvgIpc) is 2.27. The number of piperidine rings is 1. The van der Waals surface area contributed by atoms with E-state index >= 15 is 0 Å². The maximum absolute atomic E-state index is 11.8. The minimum Gasteiger partial charge on any atom is -0.342 e. The lowest BCUT2D eigenvalue weighted by Crippen LogP contribution is -2.42. The van der Waals surface area contributed by atoms with E-state index in [4.69, 9.17) is 0 Å². The molecule has 0 radical (unpaired) electrons. The van der Waals surface area contributed by atoms with Gasteiger partial charge in [0.25, 0.3) is 0 Å². The number of carbonyl (C=O) groups excluding carboxylic acids is 1. The summed E-state index contributed by atoms with van der Waals surface area (Å²) >= 11 is 1.75. The van der Waals surface area contributed by atoms with E-state index in [0.29, 0.717) is 18.2 Å². The van der Waals surface area contributed by atoms with Crippen molar-refractivity contribution >= 4 is 17.7 Å². The molecular formula is C11H22N2OS. The Bertz CT molecular complexity index is 197. The van der Waals surface area contributed by atoms with Crippen LogP contribution in [0.1, 0.15) is 19.3 Å². The van der Waals surface area contributed by atoms with E-state index in [2.05, 4.69) is 5.32 Å². The Kier molecular flexibility index (Phi) is 6.10. The highest BCUT2D eigenvalue weighted by atomic mass is 32.2. The Labute approximate surface area is 97.0 Å². The molecule has 1 aliphatic rings. The molecule has 0 aliphatic carbocycles. The summed E-state index contributed by atoms with van der Waals surface area (Å²) < 4.78 is 0. The van der Waals surface area contributed by atoms with E-state index in [9.17, 15) is 4.79 Å². The lowest BCUT2D eigenvalue weighted by molar-refractivity contribution is -0.132. The van der Waals surface area contributed by atoms with Crippen LogP contribution in [-0.4, -0.2) is 49.5 Å². The molecule has 4 heteroatoms. The first-order valence-corrected chi connectivity index (χ1v) is 7.08. The van der Waals surface area contributed by atoms with Gasteiger partial charge in [0.05, 0.1) is 0 Å². The Morgan fingerprint density at radius 2 is 2.40 bits per heavy atom. The van der Waals surface area contributed by atoms with Crippen LogP contribution in [0.5, 0.6) is 0 Å². The predicted molar refractivity (Wildman–Crippen MR) is 66.2 cm³/mol. The Morgan fingerprint density at radius 3 is 3.07 bits per heavy atom. The van der Waals surface area contributed by atoms with Crippen molar-refractivity contribution in [1.82, 2.24) is 10.2 Å². The number of rotatable bonds is 5. The van der Waals surface area contributed by atoms with Gasteiger partial charge in [0.15, 0.2) is 0 Å². The first kappa shape index (κ1) is 12.8. The van der Waals surface area contributed by atoms with Gasteiger partial charge in [0, 0.05) is 25.3 Å². The number of hydrogen-bond donors (Lipinski definition) is 1. The average molecular weight is 230 g/mol. The van der Waals surface area contributed by atoms with Gasteiger partial charge in [-0.3, -0.25) is 4.79 Å². The van der Waals surface area contributed by atoms with Gasteiger partial charge in [-0.05, 0) is 38.6 Å². The molecule has 1 saturated heterocycles. The van der Waals surface area contributed by atoms with Gasteiger partial charge in [-0.1, -0.05) is 0 Å². The summed E-state index contributed by atoms with van der Waals surface area (Å²) in [5, 5.41) is 3.20. The fourth-order valence-electron chi connectivity index (χ4n) is 2.09. The van der Waals surface area contributed by atoms with Crippen LogP contribution < -0.4 is 5.32 Å². The lowest BCUT2D eigenvalue weighted by Gasteiger charge is -2.32. The second kappa shape index (κ2) is 7.12. The molecule has 1 rings (SSSR count). The largest absolute Gasteiger partial charge is 0.342 e. The molecule has 0 aromatic rings. The maximum atomic E-state index is 11.8. The third-order valence-electron chi connectivity index (χ3n) is 2.88. The summed E-state index contributed by atoms with van der Waals surface area (Å²) in [6, 6.07) is 0. The van der Waals surface area contributed by atoms with Gasteiger partial charge >= 0.3 is 0 Å². The van der Waals surface area contributed by atoms with Crippen molar-refractivity contribution in [1.29, 1.82) is 0 Å². The molecule has 1 N–H and O–H groups in total. The molecule has 1 heterocycles. The van der Waals surface area contributed by atoms with Crippen LogP contribution in [0, 0.1) is 5.92 Å². The number of amides is 1. The number of thioether (sulfide) groups is 1. The molecule has 1 unspecified atom stereocenters. The van der Waals surface area contributed by atoms with E-state index in [-0.39, 0.29) is 0 Å². The highest BCUT2D eigenvalue weighted by Gasteiger charge is 2.22. The standard InChI is InChI=1S/C11H22N2OS/c1-12-8-10-4-3-6-13(9-10)11(14)5-7-15-2/h10,12H,3-9H2,1-2H3. The van der Waals surface area contributed by atoms with E-state index < -0.39 is 0 Å². The van der Waals surface area contributed by atoms with E-state index in [1.54, 1.807) is 11.8 Å². The van der Waals surface area contributed by atoms with Gasteiger partial charge in [-0.25, -0.2) is 0 Å². The molecule has 0 spiro atoms. The minimum absolute atomic E-state index is 0.338. The third-order valence-corrected chi connectivity index (χ3v) is 3.50. The molecule has 0 bridgehead atoms. The number of nitrogens with one attached hydrogen (secondary N) is 1. The Balaban J connectivity index is 2.31. The summed E-state index contributed by atoms with van der Waals surface area (Å²) in [6.45, 7) is 2.95. The summed E-state index contributed by atoms with van der Waals surface area (Å²) in [4.78, 5) is 13.8. The smallest absolute Gasteiger partial charge is 0.223 e. The van der Waals surface area contributed by atoms with Crippen molar-refractivity contribution in [2.75, 3.05) is 38.7 Å².